The molecule has 0 aromatic rings. The Kier molecular flexibility index (Phi) is 12.5. The molecular formula is C16H34O4. The van der Waals surface area contributed by atoms with Gasteiger partial charge in [0.25, 0.3) is 0 Å². The van der Waals surface area contributed by atoms with Crippen molar-refractivity contribution in [1.82, 2.24) is 0 Å². The highest BCUT2D eigenvalue weighted by Crippen LogP contribution is 2.27. The van der Waals surface area contributed by atoms with E-state index in [2.05, 4.69) is 0 Å². The predicted molar refractivity (Wildman–Crippen MR) is 81.4 cm³/mol. The second-order valence-electron chi connectivity index (χ2n) is 5.96. The van der Waals surface area contributed by atoms with Crippen molar-refractivity contribution in [3.05, 3.63) is 0 Å². The predicted octanol–water partition coefficient (Wildman–Crippen LogP) is 1.94. The van der Waals surface area contributed by atoms with Crippen LogP contribution in [0, 0.1) is 17.8 Å². The zero-order valence-corrected chi connectivity index (χ0v) is 13.2. The van der Waals surface area contributed by atoms with Crippen molar-refractivity contribution in [2.24, 2.45) is 17.8 Å². The van der Waals surface area contributed by atoms with E-state index in [4.69, 9.17) is 15.3 Å². The van der Waals surface area contributed by atoms with Crippen molar-refractivity contribution in [2.45, 2.75) is 64.9 Å². The summed E-state index contributed by atoms with van der Waals surface area (Å²) in [7, 11) is 0. The fourth-order valence-corrected chi connectivity index (χ4v) is 2.65. The first-order valence-electron chi connectivity index (χ1n) is 8.13. The van der Waals surface area contributed by atoms with Gasteiger partial charge in [0.05, 0.1) is 6.10 Å². The third-order valence-corrected chi connectivity index (χ3v) is 4.37. The van der Waals surface area contributed by atoms with Crippen LogP contribution in [-0.2, 0) is 0 Å². The molecule has 0 amide bonds. The quantitative estimate of drug-likeness (QED) is 0.577. The van der Waals surface area contributed by atoms with Gasteiger partial charge in [0.2, 0.25) is 0 Å². The molecule has 4 N–H and O–H groups in total. The van der Waals surface area contributed by atoms with Gasteiger partial charge in [-0.3, -0.25) is 0 Å². The maximum atomic E-state index is 9.35. The molecule has 0 spiro atoms. The molecule has 0 radical (unpaired) electrons. The fourth-order valence-electron chi connectivity index (χ4n) is 2.65. The topological polar surface area (TPSA) is 80.9 Å². The fraction of sp³-hybridized carbons (Fsp3) is 1.00. The molecule has 1 aliphatic rings. The lowest BCUT2D eigenvalue weighted by molar-refractivity contribution is 0.0584. The summed E-state index contributed by atoms with van der Waals surface area (Å²) >= 11 is 0. The molecule has 0 aromatic carbocycles. The van der Waals surface area contributed by atoms with Gasteiger partial charge in [0.15, 0.2) is 0 Å². The Bertz CT molecular complexity index is 187. The summed E-state index contributed by atoms with van der Waals surface area (Å²) < 4.78 is 0. The van der Waals surface area contributed by atoms with E-state index in [0.29, 0.717) is 25.0 Å². The average molecular weight is 290 g/mol. The first-order valence-corrected chi connectivity index (χ1v) is 8.13. The monoisotopic (exact) mass is 290 g/mol. The van der Waals surface area contributed by atoms with Gasteiger partial charge in [-0.15, -0.1) is 0 Å². The number of hydrogen-bond acceptors (Lipinski definition) is 4. The van der Waals surface area contributed by atoms with Gasteiger partial charge < -0.3 is 20.4 Å². The summed E-state index contributed by atoms with van der Waals surface area (Å²) in [4.78, 5) is 0. The molecular weight excluding hydrogens is 256 g/mol. The lowest BCUT2D eigenvalue weighted by Gasteiger charge is -2.25. The van der Waals surface area contributed by atoms with Gasteiger partial charge in [-0.1, -0.05) is 20.3 Å². The van der Waals surface area contributed by atoms with Crippen molar-refractivity contribution in [2.75, 3.05) is 19.8 Å². The van der Waals surface area contributed by atoms with E-state index < -0.39 is 0 Å². The minimum Gasteiger partial charge on any atom is -0.396 e. The summed E-state index contributed by atoms with van der Waals surface area (Å²) in [5.41, 5.74) is 0. The molecule has 122 valence electrons. The van der Waals surface area contributed by atoms with E-state index in [1.54, 1.807) is 0 Å². The van der Waals surface area contributed by atoms with Crippen LogP contribution in [0.3, 0.4) is 0 Å². The highest BCUT2D eigenvalue weighted by Gasteiger charge is 2.19. The SMILES string of the molecule is CCCC(O)C(CC)CO.OCC1CCC(CO)CC1. The summed E-state index contributed by atoms with van der Waals surface area (Å²) in [6.45, 7) is 4.79. The third-order valence-electron chi connectivity index (χ3n) is 4.37. The third kappa shape index (κ3) is 8.20. The molecule has 1 fully saturated rings. The lowest BCUT2D eigenvalue weighted by atomic mass is 9.83. The number of aliphatic hydroxyl groups excluding tert-OH is 4. The molecule has 4 nitrogen and oxygen atoms in total. The van der Waals surface area contributed by atoms with Crippen LogP contribution in [0.2, 0.25) is 0 Å². The molecule has 0 saturated heterocycles. The van der Waals surface area contributed by atoms with Crippen molar-refractivity contribution in [1.29, 1.82) is 0 Å². The van der Waals surface area contributed by atoms with E-state index >= 15 is 0 Å². The summed E-state index contributed by atoms with van der Waals surface area (Å²) in [6, 6.07) is 0. The van der Waals surface area contributed by atoms with Crippen molar-refractivity contribution in [3.63, 3.8) is 0 Å². The molecule has 4 heteroatoms. The molecule has 2 unspecified atom stereocenters. The molecule has 0 aromatic heterocycles. The van der Waals surface area contributed by atoms with Crippen LogP contribution in [0.15, 0.2) is 0 Å². The van der Waals surface area contributed by atoms with Gasteiger partial charge in [0.1, 0.15) is 0 Å². The first kappa shape index (κ1) is 19.8. The minimum atomic E-state index is -0.306. The van der Waals surface area contributed by atoms with Gasteiger partial charge in [-0.25, -0.2) is 0 Å². The number of aliphatic hydroxyl groups is 4. The summed E-state index contributed by atoms with van der Waals surface area (Å²) in [5.74, 6) is 1.12. The number of hydrogen-bond donors (Lipinski definition) is 4. The van der Waals surface area contributed by atoms with Crippen LogP contribution in [0.1, 0.15) is 58.8 Å². The van der Waals surface area contributed by atoms with Gasteiger partial charge in [-0.05, 0) is 50.4 Å². The molecule has 1 rings (SSSR count). The van der Waals surface area contributed by atoms with Crippen LogP contribution in [0.4, 0.5) is 0 Å². The smallest absolute Gasteiger partial charge is 0.0590 e. The van der Waals surface area contributed by atoms with Crippen molar-refractivity contribution < 1.29 is 20.4 Å². The standard InChI is InChI=1S/C8H16O2.C8H18O2/c9-5-7-1-2-8(6-10)4-3-7;1-3-5-8(10)7(4-2)6-9/h7-10H,1-6H2;7-10H,3-6H2,1-2H3. The van der Waals surface area contributed by atoms with Crippen LogP contribution >= 0.6 is 0 Å². The van der Waals surface area contributed by atoms with E-state index in [9.17, 15) is 5.11 Å². The van der Waals surface area contributed by atoms with Crippen LogP contribution in [0.25, 0.3) is 0 Å². The Labute approximate surface area is 123 Å². The lowest BCUT2D eigenvalue weighted by Crippen LogP contribution is -2.22. The van der Waals surface area contributed by atoms with E-state index in [1.807, 2.05) is 13.8 Å². The van der Waals surface area contributed by atoms with Crippen LogP contribution in [0.5, 0.6) is 0 Å². The summed E-state index contributed by atoms with van der Waals surface area (Å²) in [5, 5.41) is 35.7. The van der Waals surface area contributed by atoms with Gasteiger partial charge >= 0.3 is 0 Å². The Hall–Kier alpha value is -0.160. The molecule has 0 aliphatic heterocycles. The molecule has 2 atom stereocenters. The Morgan fingerprint density at radius 1 is 0.900 bits per heavy atom. The second-order valence-corrected chi connectivity index (χ2v) is 5.96. The maximum Gasteiger partial charge on any atom is 0.0590 e. The molecule has 0 heterocycles. The van der Waals surface area contributed by atoms with Crippen LogP contribution in [-0.4, -0.2) is 46.4 Å². The largest absolute Gasteiger partial charge is 0.396 e. The zero-order chi connectivity index (χ0) is 15.4. The number of rotatable bonds is 7. The van der Waals surface area contributed by atoms with Crippen LogP contribution < -0.4 is 0 Å². The van der Waals surface area contributed by atoms with Gasteiger partial charge in [-0.2, -0.15) is 0 Å². The van der Waals surface area contributed by atoms with Crippen molar-refractivity contribution in [3.8, 4) is 0 Å². The minimum absolute atomic E-state index is 0.0833. The zero-order valence-electron chi connectivity index (χ0n) is 13.2. The van der Waals surface area contributed by atoms with Crippen molar-refractivity contribution >= 4 is 0 Å². The Balaban J connectivity index is 0.000000361. The van der Waals surface area contributed by atoms with E-state index in [-0.39, 0.29) is 18.6 Å². The Morgan fingerprint density at radius 2 is 1.35 bits per heavy atom. The van der Waals surface area contributed by atoms with E-state index in [1.165, 1.54) is 0 Å². The van der Waals surface area contributed by atoms with Gasteiger partial charge in [0, 0.05) is 25.7 Å². The molecule has 20 heavy (non-hydrogen) atoms. The highest BCUT2D eigenvalue weighted by molar-refractivity contribution is 4.70. The normalized spacial score (nSPS) is 25.5. The maximum absolute atomic E-state index is 9.35. The molecule has 1 saturated carbocycles. The molecule has 1 aliphatic carbocycles. The molecule has 0 bridgehead atoms. The van der Waals surface area contributed by atoms with E-state index in [0.717, 1.165) is 44.9 Å². The summed E-state index contributed by atoms with van der Waals surface area (Å²) in [6.07, 6.45) is 6.74. The Morgan fingerprint density at radius 3 is 1.60 bits per heavy atom. The second kappa shape index (κ2) is 12.6. The average Bonchev–Trinajstić information content (AvgIpc) is 2.49. The highest BCUT2D eigenvalue weighted by atomic mass is 16.3. The first-order chi connectivity index (χ1) is 9.62.